The molecule has 11 heteroatoms. The number of ether oxygens (including phenoxy) is 1. The number of aryl methyl sites for hydroxylation is 2. The summed E-state index contributed by atoms with van der Waals surface area (Å²) >= 11 is 0. The third kappa shape index (κ3) is 5.41. The van der Waals surface area contributed by atoms with Crippen LogP contribution in [0.25, 0.3) is 0 Å². The molecule has 2 heterocycles. The Morgan fingerprint density at radius 1 is 1.11 bits per heavy atom. The quantitative estimate of drug-likeness (QED) is 0.581. The molecule has 0 radical (unpaired) electrons. The minimum absolute atomic E-state index is 0. The van der Waals surface area contributed by atoms with Crippen molar-refractivity contribution in [2.24, 2.45) is 0 Å². The summed E-state index contributed by atoms with van der Waals surface area (Å²) in [4.78, 5) is 13.1. The normalized spacial score (nSPS) is 17.6. The number of fused-ring (bicyclic) bond motifs is 2. The standard InChI is InChI=1S/C24H33N5O4S.Na.H/c1-16(2)28-15-20(14-25-28)29(19-9-11-33-12-10-19)34(31,32)27-24(30)26-23-21-7-3-5-17(21)13-18-6-4-8-22(18)23;;/h13-16,19H,3-12H2,1-2H3,(H2,26,27,30);;. The number of hydrogen-bond donors (Lipinski definition) is 2. The Labute approximate surface area is 229 Å². The predicted octanol–water partition coefficient (Wildman–Crippen LogP) is 2.84. The topological polar surface area (TPSA) is 106 Å². The molecule has 1 saturated heterocycles. The van der Waals surface area contributed by atoms with E-state index in [1.165, 1.54) is 15.4 Å². The molecule has 1 fully saturated rings. The van der Waals surface area contributed by atoms with Crippen LogP contribution in [0.15, 0.2) is 18.5 Å². The van der Waals surface area contributed by atoms with Crippen LogP contribution in [-0.4, -0.2) is 73.0 Å². The maximum atomic E-state index is 13.6. The molecule has 186 valence electrons. The Hall–Kier alpha value is -1.59. The van der Waals surface area contributed by atoms with E-state index in [4.69, 9.17) is 4.74 Å². The first kappa shape index (κ1) is 26.5. The fraction of sp³-hybridized carbons (Fsp3) is 0.583. The van der Waals surface area contributed by atoms with Gasteiger partial charge in [0, 0.05) is 31.1 Å². The van der Waals surface area contributed by atoms with E-state index in [0.717, 1.165) is 55.3 Å². The molecule has 0 atom stereocenters. The molecule has 2 aromatic rings. The molecule has 2 N–H and O–H groups in total. The molecule has 0 spiro atoms. The van der Waals surface area contributed by atoms with Gasteiger partial charge < -0.3 is 10.1 Å². The molecule has 9 nitrogen and oxygen atoms in total. The third-order valence-electron chi connectivity index (χ3n) is 7.09. The second kappa shape index (κ2) is 10.8. The van der Waals surface area contributed by atoms with Crippen LogP contribution in [0.4, 0.5) is 16.2 Å². The van der Waals surface area contributed by atoms with Gasteiger partial charge in [0.15, 0.2) is 0 Å². The molecule has 1 aliphatic heterocycles. The van der Waals surface area contributed by atoms with Crippen LogP contribution in [-0.2, 0) is 40.6 Å². The Morgan fingerprint density at radius 3 is 2.31 bits per heavy atom. The average Bonchev–Trinajstić information content (AvgIpc) is 3.54. The first-order chi connectivity index (χ1) is 16.3. The summed E-state index contributed by atoms with van der Waals surface area (Å²) in [6.45, 7) is 4.91. The molecule has 35 heavy (non-hydrogen) atoms. The van der Waals surface area contributed by atoms with Gasteiger partial charge >= 0.3 is 45.8 Å². The molecule has 1 aromatic carbocycles. The van der Waals surface area contributed by atoms with Crippen molar-refractivity contribution in [2.75, 3.05) is 22.8 Å². The predicted molar refractivity (Wildman–Crippen MR) is 138 cm³/mol. The number of rotatable bonds is 6. The molecule has 2 aliphatic carbocycles. The van der Waals surface area contributed by atoms with Crippen molar-refractivity contribution < 1.29 is 17.9 Å². The van der Waals surface area contributed by atoms with Crippen LogP contribution in [0.5, 0.6) is 0 Å². The number of nitrogens with one attached hydrogen (secondary N) is 2. The van der Waals surface area contributed by atoms with Gasteiger partial charge in [-0.05, 0) is 87.5 Å². The molecule has 2 amide bonds. The van der Waals surface area contributed by atoms with Crippen molar-refractivity contribution in [1.82, 2.24) is 14.5 Å². The summed E-state index contributed by atoms with van der Waals surface area (Å²) in [6, 6.07) is 1.34. The van der Waals surface area contributed by atoms with E-state index in [2.05, 4.69) is 21.2 Å². The Morgan fingerprint density at radius 2 is 1.74 bits per heavy atom. The van der Waals surface area contributed by atoms with Crippen molar-refractivity contribution in [1.29, 1.82) is 0 Å². The first-order valence-corrected chi connectivity index (χ1v) is 13.7. The third-order valence-corrected chi connectivity index (χ3v) is 8.56. The number of benzene rings is 1. The molecular formula is C24H34N5NaO4S. The van der Waals surface area contributed by atoms with E-state index < -0.39 is 16.2 Å². The summed E-state index contributed by atoms with van der Waals surface area (Å²) in [5.41, 5.74) is 6.15. The monoisotopic (exact) mass is 511 g/mol. The number of carbonyl (C=O) groups excluding carboxylic acids is 1. The SMILES string of the molecule is CC(C)n1cc(N(C2CCOCC2)S(=O)(=O)NC(=O)Nc2c3c(cc4c2CCC4)CCC3)cn1.[NaH]. The maximum absolute atomic E-state index is 13.6. The van der Waals surface area contributed by atoms with E-state index in [1.807, 2.05) is 13.8 Å². The van der Waals surface area contributed by atoms with Crippen LogP contribution in [0.3, 0.4) is 0 Å². The number of urea groups is 1. The molecule has 5 rings (SSSR count). The van der Waals surface area contributed by atoms with Crippen LogP contribution in [0.2, 0.25) is 0 Å². The van der Waals surface area contributed by atoms with E-state index in [-0.39, 0.29) is 41.6 Å². The fourth-order valence-corrected chi connectivity index (χ4v) is 6.82. The van der Waals surface area contributed by atoms with E-state index in [0.29, 0.717) is 31.7 Å². The van der Waals surface area contributed by atoms with Gasteiger partial charge in [0.1, 0.15) is 0 Å². The van der Waals surface area contributed by atoms with Gasteiger partial charge in [0.2, 0.25) is 0 Å². The molecule has 0 saturated carbocycles. The fourth-order valence-electron chi connectivity index (χ4n) is 5.46. The second-order valence-electron chi connectivity index (χ2n) is 9.71. The minimum atomic E-state index is -4.17. The zero-order valence-corrected chi connectivity index (χ0v) is 20.7. The molecule has 1 aromatic heterocycles. The molecule has 0 unspecified atom stereocenters. The Bertz CT molecular complexity index is 1160. The molecular weight excluding hydrogens is 477 g/mol. The number of anilines is 2. The van der Waals surface area contributed by atoms with Gasteiger partial charge in [-0.1, -0.05) is 6.07 Å². The first-order valence-electron chi connectivity index (χ1n) is 12.2. The van der Waals surface area contributed by atoms with Gasteiger partial charge in [-0.15, -0.1) is 0 Å². The summed E-state index contributed by atoms with van der Waals surface area (Å²) in [5, 5.41) is 7.25. The zero-order valence-electron chi connectivity index (χ0n) is 19.8. The van der Waals surface area contributed by atoms with Gasteiger partial charge in [0.05, 0.1) is 17.9 Å². The molecule has 0 bridgehead atoms. The Kier molecular flexibility index (Phi) is 8.17. The number of aromatic nitrogens is 2. The van der Waals surface area contributed by atoms with E-state index >= 15 is 0 Å². The number of amides is 2. The van der Waals surface area contributed by atoms with Crippen LogP contribution in [0.1, 0.15) is 67.8 Å². The van der Waals surface area contributed by atoms with Crippen molar-refractivity contribution >= 4 is 57.2 Å². The summed E-state index contributed by atoms with van der Waals surface area (Å²) in [5.74, 6) is 0. The van der Waals surface area contributed by atoms with Crippen molar-refractivity contribution in [3.05, 3.63) is 40.7 Å². The number of nitrogens with zero attached hydrogens (tertiary/aromatic N) is 3. The summed E-state index contributed by atoms with van der Waals surface area (Å²) in [7, 11) is -4.17. The number of carbonyl (C=O) groups is 1. The van der Waals surface area contributed by atoms with Crippen LogP contribution < -0.4 is 14.3 Å². The molecule has 3 aliphatic rings. The van der Waals surface area contributed by atoms with Gasteiger partial charge in [-0.25, -0.2) is 13.8 Å². The zero-order chi connectivity index (χ0) is 23.9. The van der Waals surface area contributed by atoms with E-state index in [9.17, 15) is 13.2 Å². The van der Waals surface area contributed by atoms with Crippen molar-refractivity contribution in [3.8, 4) is 0 Å². The number of hydrogen-bond acceptors (Lipinski definition) is 5. The van der Waals surface area contributed by atoms with Crippen molar-refractivity contribution in [2.45, 2.75) is 77.3 Å². The van der Waals surface area contributed by atoms with Gasteiger partial charge in [-0.2, -0.15) is 13.5 Å². The van der Waals surface area contributed by atoms with Gasteiger partial charge in [-0.3, -0.25) is 4.68 Å². The average molecular weight is 512 g/mol. The van der Waals surface area contributed by atoms with Crippen molar-refractivity contribution in [3.63, 3.8) is 0 Å². The Balaban J connectivity index is 0.00000289. The van der Waals surface area contributed by atoms with Gasteiger partial charge in [0.25, 0.3) is 0 Å². The van der Waals surface area contributed by atoms with Crippen LogP contribution >= 0.6 is 0 Å². The van der Waals surface area contributed by atoms with Crippen LogP contribution in [0, 0.1) is 0 Å². The second-order valence-corrected chi connectivity index (χ2v) is 11.3. The summed E-state index contributed by atoms with van der Waals surface area (Å²) in [6.07, 6.45) is 10.3. The van der Waals surface area contributed by atoms with E-state index in [1.54, 1.807) is 17.1 Å². The summed E-state index contributed by atoms with van der Waals surface area (Å²) < 4.78 is 37.9.